The van der Waals surface area contributed by atoms with Crippen LogP contribution in [0.2, 0.25) is 0 Å². The van der Waals surface area contributed by atoms with E-state index >= 15 is 0 Å². The van der Waals surface area contributed by atoms with Gasteiger partial charge in [-0.25, -0.2) is 0 Å². The van der Waals surface area contributed by atoms with Gasteiger partial charge in [0, 0.05) is 25.4 Å². The van der Waals surface area contributed by atoms with Crippen molar-refractivity contribution < 1.29 is 9.59 Å². The van der Waals surface area contributed by atoms with E-state index in [-0.39, 0.29) is 23.1 Å². The fraction of sp³-hybridized carbons (Fsp3) is 0.483. The van der Waals surface area contributed by atoms with Gasteiger partial charge < -0.3 is 15.5 Å². The molecule has 2 amide bonds. The van der Waals surface area contributed by atoms with Crippen molar-refractivity contribution in [3.05, 3.63) is 71.3 Å². The van der Waals surface area contributed by atoms with Crippen LogP contribution in [0.1, 0.15) is 56.2 Å². The molecule has 0 radical (unpaired) electrons. The van der Waals surface area contributed by atoms with Crippen molar-refractivity contribution in [3.63, 3.8) is 0 Å². The largest absolute Gasteiger partial charge is 0.369 e. The first kappa shape index (κ1) is 26.4. The zero-order valence-corrected chi connectivity index (χ0v) is 21.1. The molecule has 4 rings (SSSR count). The summed E-state index contributed by atoms with van der Waals surface area (Å²) < 4.78 is 0. The fourth-order valence-corrected chi connectivity index (χ4v) is 4.77. The molecule has 2 aliphatic rings. The number of nitrogens with zero attached hydrogens (tertiary/aromatic N) is 3. The van der Waals surface area contributed by atoms with Crippen molar-refractivity contribution in [1.82, 2.24) is 9.80 Å². The highest BCUT2D eigenvalue weighted by Crippen LogP contribution is 2.41. The maximum atomic E-state index is 12.6. The van der Waals surface area contributed by atoms with E-state index < -0.39 is 0 Å². The Balaban J connectivity index is 0.000000509. The zero-order chi connectivity index (χ0) is 25.3. The number of carbonyl (C=O) groups is 2. The van der Waals surface area contributed by atoms with Gasteiger partial charge >= 0.3 is 0 Å². The standard InChI is InChI=1S/C25H29N3O.C4H9NO/c26-18-22-8-10-23(11-9-22)19-28-20-25(17-24(28)29)12-15-27(16-13-25)14-4-7-21-5-2-1-3-6-21;1-3(2)4(5)6/h1-3,5-6,8-11H,4,7,12-17,19-20H2;3H,1-2H3,(H2,5,6). The van der Waals surface area contributed by atoms with E-state index in [1.165, 1.54) is 12.0 Å². The number of nitriles is 1. The maximum absolute atomic E-state index is 12.6. The summed E-state index contributed by atoms with van der Waals surface area (Å²) in [5.41, 5.74) is 8.15. The van der Waals surface area contributed by atoms with Crippen LogP contribution in [0, 0.1) is 22.7 Å². The van der Waals surface area contributed by atoms with Gasteiger partial charge in [-0.15, -0.1) is 0 Å². The second-order valence-corrected chi connectivity index (χ2v) is 10.2. The Morgan fingerprint density at radius 3 is 2.26 bits per heavy atom. The summed E-state index contributed by atoms with van der Waals surface area (Å²) in [4.78, 5) is 27.2. The molecular formula is C29H38N4O2. The second kappa shape index (κ2) is 12.5. The molecule has 2 aromatic rings. The molecule has 2 aliphatic heterocycles. The van der Waals surface area contributed by atoms with E-state index in [2.05, 4.69) is 41.3 Å². The highest BCUT2D eigenvalue weighted by molar-refractivity contribution is 5.79. The third-order valence-electron chi connectivity index (χ3n) is 7.13. The molecule has 0 aromatic heterocycles. The summed E-state index contributed by atoms with van der Waals surface area (Å²) in [6.45, 7) is 8.43. The first-order valence-electron chi connectivity index (χ1n) is 12.6. The summed E-state index contributed by atoms with van der Waals surface area (Å²) in [6, 6.07) is 20.4. The molecule has 0 atom stereocenters. The maximum Gasteiger partial charge on any atom is 0.223 e. The first-order valence-corrected chi connectivity index (χ1v) is 12.6. The Bertz CT molecular complexity index is 1000. The van der Waals surface area contributed by atoms with Gasteiger partial charge in [-0.2, -0.15) is 5.26 Å². The van der Waals surface area contributed by atoms with Gasteiger partial charge in [-0.3, -0.25) is 9.59 Å². The number of primary amides is 1. The van der Waals surface area contributed by atoms with Gasteiger partial charge in [0.1, 0.15) is 0 Å². The number of likely N-dealkylation sites (tertiary alicyclic amines) is 2. The number of nitrogens with two attached hydrogens (primary N) is 1. The lowest BCUT2D eigenvalue weighted by molar-refractivity contribution is -0.128. The summed E-state index contributed by atoms with van der Waals surface area (Å²) in [7, 11) is 0. The third kappa shape index (κ3) is 7.93. The van der Waals surface area contributed by atoms with E-state index in [1.54, 1.807) is 13.8 Å². The van der Waals surface area contributed by atoms with Crippen molar-refractivity contribution in [3.8, 4) is 6.07 Å². The van der Waals surface area contributed by atoms with Crippen molar-refractivity contribution in [2.45, 2.75) is 52.5 Å². The van der Waals surface area contributed by atoms with Crippen molar-refractivity contribution >= 4 is 11.8 Å². The molecular weight excluding hydrogens is 436 g/mol. The van der Waals surface area contributed by atoms with Crippen LogP contribution in [0.4, 0.5) is 0 Å². The Labute approximate surface area is 209 Å². The summed E-state index contributed by atoms with van der Waals surface area (Å²) >= 11 is 0. The summed E-state index contributed by atoms with van der Waals surface area (Å²) in [5.74, 6) is 0.0342. The summed E-state index contributed by atoms with van der Waals surface area (Å²) in [5, 5.41) is 8.94. The number of piperidine rings is 1. The third-order valence-corrected chi connectivity index (χ3v) is 7.13. The zero-order valence-electron chi connectivity index (χ0n) is 21.1. The normalized spacial score (nSPS) is 17.2. The lowest BCUT2D eigenvalue weighted by atomic mass is 9.77. The topological polar surface area (TPSA) is 90.4 Å². The SMILES string of the molecule is CC(C)C(N)=O.N#Cc1ccc(CN2CC3(CCN(CCCc4ccccc4)CC3)CC2=O)cc1. The molecule has 0 saturated carbocycles. The molecule has 2 saturated heterocycles. The van der Waals surface area contributed by atoms with Crippen LogP contribution in [-0.2, 0) is 22.6 Å². The first-order chi connectivity index (χ1) is 16.8. The van der Waals surface area contributed by atoms with Gasteiger partial charge in [0.25, 0.3) is 0 Å². The van der Waals surface area contributed by atoms with Crippen LogP contribution in [0.5, 0.6) is 0 Å². The van der Waals surface area contributed by atoms with Crippen molar-refractivity contribution in [2.24, 2.45) is 17.1 Å². The van der Waals surface area contributed by atoms with Gasteiger partial charge in [0.2, 0.25) is 11.8 Å². The fourth-order valence-electron chi connectivity index (χ4n) is 4.77. The van der Waals surface area contributed by atoms with Crippen LogP contribution in [0.3, 0.4) is 0 Å². The van der Waals surface area contributed by atoms with Gasteiger partial charge in [0.15, 0.2) is 0 Å². The molecule has 0 aliphatic carbocycles. The van der Waals surface area contributed by atoms with Crippen molar-refractivity contribution in [2.75, 3.05) is 26.2 Å². The molecule has 2 heterocycles. The number of hydrogen-bond donors (Lipinski definition) is 1. The quantitative estimate of drug-likeness (QED) is 0.653. The number of carbonyl (C=O) groups excluding carboxylic acids is 2. The minimum absolute atomic E-state index is 0.00926. The molecule has 0 unspecified atom stereocenters. The predicted molar refractivity (Wildman–Crippen MR) is 138 cm³/mol. The van der Waals surface area contributed by atoms with Crippen LogP contribution in [0.15, 0.2) is 54.6 Å². The number of rotatable bonds is 7. The second-order valence-electron chi connectivity index (χ2n) is 10.2. The Kier molecular flexibility index (Phi) is 9.45. The van der Waals surface area contributed by atoms with Crippen LogP contribution in [0.25, 0.3) is 0 Å². The van der Waals surface area contributed by atoms with Gasteiger partial charge in [0.05, 0.1) is 11.6 Å². The Hall–Kier alpha value is -3.17. The molecule has 35 heavy (non-hydrogen) atoms. The van der Waals surface area contributed by atoms with Crippen molar-refractivity contribution in [1.29, 1.82) is 5.26 Å². The smallest absolute Gasteiger partial charge is 0.223 e. The molecule has 0 bridgehead atoms. The van der Waals surface area contributed by atoms with Gasteiger partial charge in [-0.05, 0) is 74.0 Å². The van der Waals surface area contributed by atoms with Crippen LogP contribution < -0.4 is 5.73 Å². The Morgan fingerprint density at radius 1 is 1.06 bits per heavy atom. The van der Waals surface area contributed by atoms with E-state index in [9.17, 15) is 9.59 Å². The van der Waals surface area contributed by atoms with E-state index in [1.807, 2.05) is 29.2 Å². The minimum Gasteiger partial charge on any atom is -0.369 e. The molecule has 2 N–H and O–H groups in total. The number of amides is 2. The summed E-state index contributed by atoms with van der Waals surface area (Å²) in [6.07, 6.45) is 5.27. The number of benzene rings is 2. The molecule has 1 spiro atoms. The lowest BCUT2D eigenvalue weighted by Crippen LogP contribution is -2.41. The molecule has 186 valence electrons. The Morgan fingerprint density at radius 2 is 1.69 bits per heavy atom. The number of hydrogen-bond acceptors (Lipinski definition) is 4. The highest BCUT2D eigenvalue weighted by Gasteiger charge is 2.44. The average Bonchev–Trinajstić information content (AvgIpc) is 3.16. The van der Waals surface area contributed by atoms with Gasteiger partial charge in [-0.1, -0.05) is 56.3 Å². The average molecular weight is 475 g/mol. The molecule has 2 fully saturated rings. The lowest BCUT2D eigenvalue weighted by Gasteiger charge is -2.38. The highest BCUT2D eigenvalue weighted by atomic mass is 16.2. The molecule has 2 aromatic carbocycles. The minimum atomic E-state index is -0.241. The van der Waals surface area contributed by atoms with E-state index in [0.29, 0.717) is 18.5 Å². The van der Waals surface area contributed by atoms with Crippen LogP contribution >= 0.6 is 0 Å². The van der Waals surface area contributed by atoms with E-state index in [4.69, 9.17) is 11.0 Å². The predicted octanol–water partition coefficient (Wildman–Crippen LogP) is 4.13. The molecule has 6 nitrogen and oxygen atoms in total. The monoisotopic (exact) mass is 474 g/mol. The molecule has 6 heteroatoms. The number of aryl methyl sites for hydroxylation is 1. The van der Waals surface area contributed by atoms with Crippen LogP contribution in [-0.4, -0.2) is 47.8 Å². The van der Waals surface area contributed by atoms with E-state index in [0.717, 1.165) is 51.0 Å².